The number of pyridine rings is 1. The minimum absolute atomic E-state index is 0.0195. The number of hydrogen-bond donors (Lipinski definition) is 0. The highest BCUT2D eigenvalue weighted by Crippen LogP contribution is 2.29. The second-order valence-corrected chi connectivity index (χ2v) is 6.96. The van der Waals surface area contributed by atoms with Crippen LogP contribution >= 0.6 is 0 Å². The SMILES string of the molecule is COc1ccc(-c2c(C(=O)N3CCC[C@H](C)C3)nc3ccccn23)cc1. The van der Waals surface area contributed by atoms with Crippen molar-refractivity contribution in [2.24, 2.45) is 5.92 Å². The van der Waals surface area contributed by atoms with Gasteiger partial charge in [-0.25, -0.2) is 4.98 Å². The van der Waals surface area contributed by atoms with Crippen LogP contribution in [0.3, 0.4) is 0 Å². The Kier molecular flexibility index (Phi) is 4.37. The number of aromatic nitrogens is 2. The van der Waals surface area contributed by atoms with E-state index < -0.39 is 0 Å². The number of rotatable bonds is 3. The molecule has 1 aliphatic rings. The van der Waals surface area contributed by atoms with Gasteiger partial charge in [0, 0.05) is 24.8 Å². The van der Waals surface area contributed by atoms with Crippen molar-refractivity contribution < 1.29 is 9.53 Å². The monoisotopic (exact) mass is 349 g/mol. The van der Waals surface area contributed by atoms with E-state index in [2.05, 4.69) is 11.9 Å². The van der Waals surface area contributed by atoms with Gasteiger partial charge in [-0.1, -0.05) is 13.0 Å². The molecule has 5 heteroatoms. The van der Waals surface area contributed by atoms with Gasteiger partial charge in [-0.3, -0.25) is 9.20 Å². The first kappa shape index (κ1) is 16.6. The average Bonchev–Trinajstić information content (AvgIpc) is 3.07. The molecule has 1 aromatic carbocycles. The number of likely N-dealkylation sites (tertiary alicyclic amines) is 1. The fraction of sp³-hybridized carbons (Fsp3) is 0.333. The summed E-state index contributed by atoms with van der Waals surface area (Å²) >= 11 is 0. The van der Waals surface area contributed by atoms with Gasteiger partial charge in [0.2, 0.25) is 0 Å². The highest BCUT2D eigenvalue weighted by molar-refractivity contribution is 5.99. The lowest BCUT2D eigenvalue weighted by Gasteiger charge is -2.30. The molecule has 5 nitrogen and oxygen atoms in total. The van der Waals surface area contributed by atoms with Crippen LogP contribution in [0.5, 0.6) is 5.75 Å². The lowest BCUT2D eigenvalue weighted by molar-refractivity contribution is 0.0678. The predicted octanol–water partition coefficient (Wildman–Crippen LogP) is 3.88. The van der Waals surface area contributed by atoms with E-state index in [4.69, 9.17) is 4.74 Å². The summed E-state index contributed by atoms with van der Waals surface area (Å²) in [5, 5.41) is 0. The van der Waals surface area contributed by atoms with Crippen molar-refractivity contribution in [3.8, 4) is 17.0 Å². The minimum atomic E-state index is 0.0195. The summed E-state index contributed by atoms with van der Waals surface area (Å²) in [5.74, 6) is 1.35. The number of amides is 1. The van der Waals surface area contributed by atoms with E-state index in [1.54, 1.807) is 7.11 Å². The fourth-order valence-electron chi connectivity index (χ4n) is 3.69. The van der Waals surface area contributed by atoms with Gasteiger partial charge in [-0.15, -0.1) is 0 Å². The van der Waals surface area contributed by atoms with Crippen molar-refractivity contribution >= 4 is 11.6 Å². The molecule has 0 saturated carbocycles. The number of carbonyl (C=O) groups excluding carboxylic acids is 1. The molecule has 3 heterocycles. The third-order valence-electron chi connectivity index (χ3n) is 5.04. The summed E-state index contributed by atoms with van der Waals surface area (Å²) in [6.07, 6.45) is 4.19. The smallest absolute Gasteiger partial charge is 0.274 e. The molecule has 1 amide bonds. The van der Waals surface area contributed by atoms with Crippen LogP contribution in [0.2, 0.25) is 0 Å². The van der Waals surface area contributed by atoms with Gasteiger partial charge in [-0.05, 0) is 55.2 Å². The zero-order chi connectivity index (χ0) is 18.1. The van der Waals surface area contributed by atoms with Gasteiger partial charge < -0.3 is 9.64 Å². The Morgan fingerprint density at radius 3 is 2.73 bits per heavy atom. The third-order valence-corrected chi connectivity index (χ3v) is 5.04. The molecule has 0 aliphatic carbocycles. The van der Waals surface area contributed by atoms with E-state index in [1.807, 2.05) is 58.0 Å². The summed E-state index contributed by atoms with van der Waals surface area (Å²) in [6, 6.07) is 13.6. The number of fused-ring (bicyclic) bond motifs is 1. The number of piperidine rings is 1. The van der Waals surface area contributed by atoms with Crippen molar-refractivity contribution in [2.45, 2.75) is 19.8 Å². The fourth-order valence-corrected chi connectivity index (χ4v) is 3.69. The number of nitrogens with zero attached hydrogens (tertiary/aromatic N) is 3. The van der Waals surface area contributed by atoms with E-state index in [9.17, 15) is 4.79 Å². The molecule has 0 spiro atoms. The molecule has 26 heavy (non-hydrogen) atoms. The minimum Gasteiger partial charge on any atom is -0.497 e. The van der Waals surface area contributed by atoms with Crippen LogP contribution in [0.4, 0.5) is 0 Å². The molecular weight excluding hydrogens is 326 g/mol. The number of hydrogen-bond acceptors (Lipinski definition) is 3. The third kappa shape index (κ3) is 2.94. The zero-order valence-corrected chi connectivity index (χ0v) is 15.2. The average molecular weight is 349 g/mol. The molecule has 0 radical (unpaired) electrons. The lowest BCUT2D eigenvalue weighted by atomic mass is 9.99. The molecule has 3 aromatic rings. The Morgan fingerprint density at radius 2 is 2.00 bits per heavy atom. The maximum absolute atomic E-state index is 13.3. The number of methoxy groups -OCH3 is 1. The second kappa shape index (κ2) is 6.83. The van der Waals surface area contributed by atoms with Gasteiger partial charge in [0.25, 0.3) is 5.91 Å². The van der Waals surface area contributed by atoms with Crippen LogP contribution in [0.1, 0.15) is 30.3 Å². The number of ether oxygens (including phenoxy) is 1. The molecule has 1 fully saturated rings. The Balaban J connectivity index is 1.82. The van der Waals surface area contributed by atoms with Crippen LogP contribution < -0.4 is 4.74 Å². The van der Waals surface area contributed by atoms with Crippen LogP contribution in [0.15, 0.2) is 48.7 Å². The van der Waals surface area contributed by atoms with Crippen molar-refractivity contribution in [2.75, 3.05) is 20.2 Å². The molecule has 4 rings (SSSR count). The lowest BCUT2D eigenvalue weighted by Crippen LogP contribution is -2.39. The van der Waals surface area contributed by atoms with E-state index >= 15 is 0 Å². The standard InChI is InChI=1S/C21H23N3O2/c1-15-6-5-12-23(14-15)21(25)19-20(16-8-10-17(26-2)11-9-16)24-13-4-3-7-18(24)22-19/h3-4,7-11,13,15H,5-6,12,14H2,1-2H3/t15-/m0/s1. The van der Waals surface area contributed by atoms with Gasteiger partial charge in [0.1, 0.15) is 11.4 Å². The Morgan fingerprint density at radius 1 is 1.19 bits per heavy atom. The molecule has 0 unspecified atom stereocenters. The van der Waals surface area contributed by atoms with Crippen molar-refractivity contribution in [1.82, 2.24) is 14.3 Å². The van der Waals surface area contributed by atoms with Crippen molar-refractivity contribution in [3.63, 3.8) is 0 Å². The summed E-state index contributed by atoms with van der Waals surface area (Å²) < 4.78 is 7.25. The number of carbonyl (C=O) groups is 1. The highest BCUT2D eigenvalue weighted by Gasteiger charge is 2.27. The highest BCUT2D eigenvalue weighted by atomic mass is 16.5. The summed E-state index contributed by atoms with van der Waals surface area (Å²) in [5.41, 5.74) is 3.10. The maximum atomic E-state index is 13.3. The quantitative estimate of drug-likeness (QED) is 0.721. The largest absolute Gasteiger partial charge is 0.497 e. The predicted molar refractivity (Wildman–Crippen MR) is 101 cm³/mol. The molecule has 134 valence electrons. The first-order valence-corrected chi connectivity index (χ1v) is 9.08. The van der Waals surface area contributed by atoms with E-state index in [0.29, 0.717) is 11.6 Å². The topological polar surface area (TPSA) is 46.8 Å². The van der Waals surface area contributed by atoms with Gasteiger partial charge in [0.15, 0.2) is 5.69 Å². The second-order valence-electron chi connectivity index (χ2n) is 6.96. The van der Waals surface area contributed by atoms with Gasteiger partial charge in [0.05, 0.1) is 12.8 Å². The molecule has 0 bridgehead atoms. The summed E-state index contributed by atoms with van der Waals surface area (Å²) in [7, 11) is 1.65. The van der Waals surface area contributed by atoms with Crippen molar-refractivity contribution in [3.05, 3.63) is 54.4 Å². The first-order valence-electron chi connectivity index (χ1n) is 9.08. The first-order chi connectivity index (χ1) is 12.7. The molecule has 1 atom stereocenters. The van der Waals surface area contributed by atoms with E-state index in [1.165, 1.54) is 6.42 Å². The Bertz CT molecular complexity index is 930. The molecule has 0 N–H and O–H groups in total. The summed E-state index contributed by atoms with van der Waals surface area (Å²) in [4.78, 5) is 19.9. The zero-order valence-electron chi connectivity index (χ0n) is 15.2. The number of benzene rings is 1. The van der Waals surface area contributed by atoms with Gasteiger partial charge >= 0.3 is 0 Å². The maximum Gasteiger partial charge on any atom is 0.274 e. The molecule has 2 aromatic heterocycles. The van der Waals surface area contributed by atoms with Crippen LogP contribution in [0.25, 0.3) is 16.9 Å². The van der Waals surface area contributed by atoms with Crippen molar-refractivity contribution in [1.29, 1.82) is 0 Å². The van der Waals surface area contributed by atoms with E-state index in [0.717, 1.165) is 42.2 Å². The van der Waals surface area contributed by atoms with E-state index in [-0.39, 0.29) is 5.91 Å². The summed E-state index contributed by atoms with van der Waals surface area (Å²) in [6.45, 7) is 3.81. The normalized spacial score (nSPS) is 17.5. The Labute approximate surface area is 153 Å². The van der Waals surface area contributed by atoms with Crippen LogP contribution in [-0.2, 0) is 0 Å². The molecule has 1 aliphatic heterocycles. The van der Waals surface area contributed by atoms with Crippen LogP contribution in [-0.4, -0.2) is 40.4 Å². The Hall–Kier alpha value is -2.82. The van der Waals surface area contributed by atoms with Gasteiger partial charge in [-0.2, -0.15) is 0 Å². The molecule has 1 saturated heterocycles. The molecular formula is C21H23N3O2. The van der Waals surface area contributed by atoms with Crippen LogP contribution in [0, 0.1) is 5.92 Å². The number of imidazole rings is 1.